The monoisotopic (exact) mass is 541 g/mol. The molecule has 3 rings (SSSR count). The van der Waals surface area contributed by atoms with Gasteiger partial charge in [-0.05, 0) is 50.5 Å². The number of hydrogen-bond acceptors (Lipinski definition) is 8. The molecule has 1 aliphatic heterocycles. The molecule has 212 valence electrons. The topological polar surface area (TPSA) is 170 Å². The van der Waals surface area contributed by atoms with Crippen molar-refractivity contribution in [2.75, 3.05) is 20.2 Å². The zero-order valence-corrected chi connectivity index (χ0v) is 22.4. The molecule has 0 unspecified atom stereocenters. The standard InChI is InChI=1S/C27H39N7O5/c1-39-27(38)22-12-6-8-16-30-26(37)23(17-19-9-3-2-4-10-19)34-20(18-31-33-34)13-14-24(35)29-15-7-5-11-21(28)25(36)32-22/h2-4,9-10,18,21-23H,5-8,11-17,28H2,1H3,(H,29,35)(H,30,37)(H,32,36)/t21-,22-,23-/m0/s1. The summed E-state index contributed by atoms with van der Waals surface area (Å²) in [5, 5.41) is 16.8. The molecule has 0 bridgehead atoms. The van der Waals surface area contributed by atoms with E-state index in [-0.39, 0.29) is 18.2 Å². The highest BCUT2D eigenvalue weighted by Crippen LogP contribution is 2.17. The highest BCUT2D eigenvalue weighted by atomic mass is 16.5. The van der Waals surface area contributed by atoms with Crippen LogP contribution in [-0.4, -0.2) is 71.0 Å². The summed E-state index contributed by atoms with van der Waals surface area (Å²) in [6, 6.07) is 7.40. The van der Waals surface area contributed by atoms with Crippen LogP contribution in [0.5, 0.6) is 0 Å². The molecule has 2 heterocycles. The third-order valence-electron chi connectivity index (χ3n) is 6.75. The number of amides is 3. The number of fused-ring (bicyclic) bond motifs is 1. The van der Waals surface area contributed by atoms with Crippen molar-refractivity contribution >= 4 is 23.7 Å². The summed E-state index contributed by atoms with van der Waals surface area (Å²) in [7, 11) is 1.27. The van der Waals surface area contributed by atoms with Gasteiger partial charge < -0.3 is 26.4 Å². The summed E-state index contributed by atoms with van der Waals surface area (Å²) in [4.78, 5) is 50.5. The molecule has 1 aromatic heterocycles. The van der Waals surface area contributed by atoms with Crippen molar-refractivity contribution in [2.24, 2.45) is 5.73 Å². The quantitative estimate of drug-likeness (QED) is 0.409. The Morgan fingerprint density at radius 3 is 2.46 bits per heavy atom. The fourth-order valence-corrected chi connectivity index (χ4v) is 4.48. The summed E-state index contributed by atoms with van der Waals surface area (Å²) in [5.41, 5.74) is 7.69. The number of esters is 1. The minimum atomic E-state index is -0.818. The first-order valence-electron chi connectivity index (χ1n) is 13.5. The molecule has 39 heavy (non-hydrogen) atoms. The summed E-state index contributed by atoms with van der Waals surface area (Å²) in [5.74, 6) is -1.30. The summed E-state index contributed by atoms with van der Waals surface area (Å²) >= 11 is 0. The van der Waals surface area contributed by atoms with Gasteiger partial charge in [-0.15, -0.1) is 5.10 Å². The minimum absolute atomic E-state index is 0.124. The molecule has 3 atom stereocenters. The number of ether oxygens (including phenoxy) is 1. The number of nitrogens with two attached hydrogens (primary N) is 1. The Hall–Kier alpha value is -3.80. The van der Waals surface area contributed by atoms with E-state index in [9.17, 15) is 19.2 Å². The predicted molar refractivity (Wildman–Crippen MR) is 143 cm³/mol. The summed E-state index contributed by atoms with van der Waals surface area (Å²) < 4.78 is 6.45. The highest BCUT2D eigenvalue weighted by Gasteiger charge is 2.26. The largest absolute Gasteiger partial charge is 0.467 e. The normalized spacial score (nSPS) is 22.8. The molecular weight excluding hydrogens is 502 g/mol. The van der Waals surface area contributed by atoms with Crippen LogP contribution in [0.15, 0.2) is 36.5 Å². The Kier molecular flexibility index (Phi) is 11.9. The number of aromatic nitrogens is 3. The molecule has 0 saturated carbocycles. The number of methoxy groups -OCH3 is 1. The molecule has 0 aliphatic carbocycles. The second-order valence-corrected chi connectivity index (χ2v) is 9.70. The molecular formula is C27H39N7O5. The first-order valence-corrected chi connectivity index (χ1v) is 13.5. The second-order valence-electron chi connectivity index (χ2n) is 9.70. The van der Waals surface area contributed by atoms with Crippen LogP contribution in [-0.2, 0) is 36.8 Å². The number of rotatable bonds is 3. The van der Waals surface area contributed by atoms with Crippen molar-refractivity contribution in [3.05, 3.63) is 47.8 Å². The van der Waals surface area contributed by atoms with Crippen LogP contribution >= 0.6 is 0 Å². The number of carbonyl (C=O) groups excluding carboxylic acids is 4. The molecule has 2 aromatic rings. The maximum absolute atomic E-state index is 13.3. The zero-order chi connectivity index (χ0) is 28.0. The fourth-order valence-electron chi connectivity index (χ4n) is 4.48. The van der Waals surface area contributed by atoms with Gasteiger partial charge in [0.1, 0.15) is 12.1 Å². The van der Waals surface area contributed by atoms with Crippen molar-refractivity contribution in [3.8, 4) is 0 Å². The fraction of sp³-hybridized carbons (Fsp3) is 0.556. The van der Waals surface area contributed by atoms with Crippen molar-refractivity contribution in [1.29, 1.82) is 0 Å². The van der Waals surface area contributed by atoms with Crippen molar-refractivity contribution in [2.45, 2.75) is 75.9 Å². The first kappa shape index (κ1) is 29.8. The van der Waals surface area contributed by atoms with E-state index in [2.05, 4.69) is 26.3 Å². The second kappa shape index (κ2) is 15.6. The predicted octanol–water partition coefficient (Wildman–Crippen LogP) is 0.566. The molecule has 3 amide bonds. The van der Waals surface area contributed by atoms with Gasteiger partial charge in [-0.3, -0.25) is 14.4 Å². The Morgan fingerprint density at radius 1 is 1.00 bits per heavy atom. The van der Waals surface area contributed by atoms with E-state index in [0.717, 1.165) is 5.56 Å². The number of benzene rings is 1. The lowest BCUT2D eigenvalue weighted by molar-refractivity contribution is -0.145. The molecule has 0 radical (unpaired) electrons. The number of hydrogen-bond donors (Lipinski definition) is 4. The molecule has 12 heteroatoms. The number of nitrogens with one attached hydrogen (secondary N) is 3. The van der Waals surface area contributed by atoms with Crippen molar-refractivity contribution in [3.63, 3.8) is 0 Å². The Bertz CT molecular complexity index is 1090. The van der Waals surface area contributed by atoms with E-state index in [1.165, 1.54) is 7.11 Å². The van der Waals surface area contributed by atoms with Crippen LogP contribution < -0.4 is 21.7 Å². The Balaban J connectivity index is 1.74. The first-order chi connectivity index (χ1) is 18.9. The molecule has 0 fully saturated rings. The Morgan fingerprint density at radius 2 is 1.72 bits per heavy atom. The van der Waals surface area contributed by atoms with Crippen LogP contribution in [0.4, 0.5) is 0 Å². The van der Waals surface area contributed by atoms with E-state index in [4.69, 9.17) is 10.5 Å². The average molecular weight is 542 g/mol. The van der Waals surface area contributed by atoms with E-state index in [1.54, 1.807) is 10.9 Å². The molecule has 0 saturated heterocycles. The van der Waals surface area contributed by atoms with Gasteiger partial charge in [0.2, 0.25) is 17.7 Å². The highest BCUT2D eigenvalue weighted by molar-refractivity contribution is 5.87. The van der Waals surface area contributed by atoms with Gasteiger partial charge in [0, 0.05) is 25.9 Å². The number of aryl methyl sites for hydroxylation is 1. The van der Waals surface area contributed by atoms with Crippen LogP contribution in [0.25, 0.3) is 0 Å². The third-order valence-corrected chi connectivity index (χ3v) is 6.75. The van der Waals surface area contributed by atoms with E-state index < -0.39 is 30.0 Å². The van der Waals surface area contributed by atoms with Crippen LogP contribution in [0.1, 0.15) is 62.2 Å². The van der Waals surface area contributed by atoms with Crippen molar-refractivity contribution in [1.82, 2.24) is 30.9 Å². The maximum Gasteiger partial charge on any atom is 0.328 e. The third kappa shape index (κ3) is 9.47. The van der Waals surface area contributed by atoms with Crippen LogP contribution in [0, 0.1) is 0 Å². The Labute approximate surface area is 228 Å². The van der Waals surface area contributed by atoms with Gasteiger partial charge in [-0.2, -0.15) is 0 Å². The smallest absolute Gasteiger partial charge is 0.328 e. The van der Waals surface area contributed by atoms with Gasteiger partial charge in [-0.1, -0.05) is 35.5 Å². The lowest BCUT2D eigenvalue weighted by atomic mass is 10.0. The lowest BCUT2D eigenvalue weighted by Gasteiger charge is -2.20. The molecule has 12 nitrogen and oxygen atoms in total. The zero-order valence-electron chi connectivity index (χ0n) is 22.4. The maximum atomic E-state index is 13.3. The summed E-state index contributed by atoms with van der Waals surface area (Å²) in [6.45, 7) is 0.826. The van der Waals surface area contributed by atoms with E-state index in [1.807, 2.05) is 30.3 Å². The van der Waals surface area contributed by atoms with Gasteiger partial charge in [0.05, 0.1) is 25.0 Å². The molecule has 1 aliphatic rings. The van der Waals surface area contributed by atoms with Gasteiger partial charge in [0.15, 0.2) is 0 Å². The number of nitrogens with zero attached hydrogens (tertiary/aromatic N) is 3. The number of carbonyl (C=O) groups is 4. The average Bonchev–Trinajstić information content (AvgIpc) is 3.41. The van der Waals surface area contributed by atoms with E-state index in [0.29, 0.717) is 70.2 Å². The lowest BCUT2D eigenvalue weighted by Crippen LogP contribution is -2.48. The van der Waals surface area contributed by atoms with Crippen LogP contribution in [0.3, 0.4) is 0 Å². The van der Waals surface area contributed by atoms with Crippen molar-refractivity contribution < 1.29 is 23.9 Å². The van der Waals surface area contributed by atoms with Crippen LogP contribution in [0.2, 0.25) is 0 Å². The van der Waals surface area contributed by atoms with Gasteiger partial charge >= 0.3 is 5.97 Å². The van der Waals surface area contributed by atoms with Gasteiger partial charge in [0.25, 0.3) is 0 Å². The minimum Gasteiger partial charge on any atom is -0.467 e. The van der Waals surface area contributed by atoms with E-state index >= 15 is 0 Å². The molecule has 1 aromatic carbocycles. The molecule has 5 N–H and O–H groups in total. The summed E-state index contributed by atoms with van der Waals surface area (Å²) in [6.07, 6.45) is 5.85. The van der Waals surface area contributed by atoms with Gasteiger partial charge in [-0.25, -0.2) is 9.48 Å². The molecule has 0 spiro atoms. The SMILES string of the molecule is COC(=O)[C@@H]1CCCCNC(=O)[C@H](Cc2ccccc2)n2nncc2CCC(=O)NCCCC[C@H](N)C(=O)N1.